The molecule has 0 fully saturated rings. The summed E-state index contributed by atoms with van der Waals surface area (Å²) in [6.45, 7) is 2.43. The van der Waals surface area contributed by atoms with Gasteiger partial charge in [-0.3, -0.25) is 14.5 Å². The molecule has 3 aromatic rings. The third kappa shape index (κ3) is 4.91. The van der Waals surface area contributed by atoms with E-state index in [4.69, 9.17) is 0 Å². The molecule has 29 heavy (non-hydrogen) atoms. The van der Waals surface area contributed by atoms with Gasteiger partial charge in [-0.15, -0.1) is 11.3 Å². The molecule has 1 aliphatic heterocycles. The second-order valence-electron chi connectivity index (χ2n) is 7.09. The highest BCUT2D eigenvalue weighted by Crippen LogP contribution is 2.24. The van der Waals surface area contributed by atoms with Crippen molar-refractivity contribution in [1.29, 1.82) is 0 Å². The number of para-hydroxylation sites is 1. The van der Waals surface area contributed by atoms with Crippen molar-refractivity contribution in [1.82, 2.24) is 10.2 Å². The molecule has 6 heteroatoms. The lowest BCUT2D eigenvalue weighted by Gasteiger charge is -2.26. The van der Waals surface area contributed by atoms with Gasteiger partial charge in [0.15, 0.2) is 0 Å². The number of nitrogens with one attached hydrogen (secondary N) is 2. The number of thiophene rings is 1. The highest BCUT2D eigenvalue weighted by molar-refractivity contribution is 7.10. The molecule has 0 atom stereocenters. The molecule has 2 N–H and O–H groups in total. The number of benzene rings is 2. The van der Waals surface area contributed by atoms with Crippen LogP contribution in [0.5, 0.6) is 0 Å². The summed E-state index contributed by atoms with van der Waals surface area (Å²) in [6, 6.07) is 19.0. The monoisotopic (exact) mass is 405 g/mol. The van der Waals surface area contributed by atoms with Crippen LogP contribution in [0.4, 0.5) is 5.69 Å². The molecule has 1 aromatic heterocycles. The van der Waals surface area contributed by atoms with E-state index in [0.717, 1.165) is 25.1 Å². The van der Waals surface area contributed by atoms with E-state index >= 15 is 0 Å². The second-order valence-corrected chi connectivity index (χ2v) is 8.09. The molecule has 2 aromatic carbocycles. The zero-order valence-corrected chi connectivity index (χ0v) is 16.9. The minimum absolute atomic E-state index is 0.105. The molecular formula is C23H23N3O2S. The molecule has 0 radical (unpaired) electrons. The maximum Gasteiger partial charge on any atom is 0.253 e. The van der Waals surface area contributed by atoms with E-state index in [-0.39, 0.29) is 11.8 Å². The van der Waals surface area contributed by atoms with Gasteiger partial charge in [-0.05, 0) is 41.1 Å². The lowest BCUT2D eigenvalue weighted by molar-refractivity contribution is -0.117. The topological polar surface area (TPSA) is 61.4 Å². The molecule has 0 bridgehead atoms. The SMILES string of the molecule is O=C(CN1CCc2sccc2C1)Nc1ccccc1C(=O)NCc1ccccc1. The molecule has 2 heterocycles. The molecule has 0 aliphatic carbocycles. The van der Waals surface area contributed by atoms with E-state index in [1.165, 1.54) is 10.4 Å². The molecule has 1 aliphatic rings. The number of nitrogens with zero attached hydrogens (tertiary/aromatic N) is 1. The van der Waals surface area contributed by atoms with Crippen molar-refractivity contribution in [3.8, 4) is 0 Å². The Balaban J connectivity index is 1.36. The number of amides is 2. The van der Waals surface area contributed by atoms with Gasteiger partial charge in [0, 0.05) is 24.5 Å². The molecule has 4 rings (SSSR count). The van der Waals surface area contributed by atoms with Crippen molar-refractivity contribution in [2.75, 3.05) is 18.4 Å². The second kappa shape index (κ2) is 9.03. The number of rotatable bonds is 6. The summed E-state index contributed by atoms with van der Waals surface area (Å²) in [5.74, 6) is -0.308. The summed E-state index contributed by atoms with van der Waals surface area (Å²) in [6.07, 6.45) is 0.985. The van der Waals surface area contributed by atoms with E-state index in [1.54, 1.807) is 29.5 Å². The number of hydrogen-bond donors (Lipinski definition) is 2. The average Bonchev–Trinajstić information content (AvgIpc) is 3.21. The summed E-state index contributed by atoms with van der Waals surface area (Å²) in [4.78, 5) is 28.8. The van der Waals surface area contributed by atoms with Gasteiger partial charge in [-0.25, -0.2) is 0 Å². The van der Waals surface area contributed by atoms with Crippen LogP contribution in [0.2, 0.25) is 0 Å². The van der Waals surface area contributed by atoms with Crippen LogP contribution in [0.15, 0.2) is 66.0 Å². The largest absolute Gasteiger partial charge is 0.348 e. The number of anilines is 1. The zero-order chi connectivity index (χ0) is 20.1. The zero-order valence-electron chi connectivity index (χ0n) is 16.1. The number of carbonyl (C=O) groups excluding carboxylic acids is 2. The maximum atomic E-state index is 12.6. The quantitative estimate of drug-likeness (QED) is 0.658. The first-order chi connectivity index (χ1) is 14.2. The van der Waals surface area contributed by atoms with Crippen LogP contribution in [-0.2, 0) is 24.3 Å². The maximum absolute atomic E-state index is 12.6. The van der Waals surface area contributed by atoms with Crippen LogP contribution in [0.1, 0.15) is 26.4 Å². The van der Waals surface area contributed by atoms with Gasteiger partial charge in [0.05, 0.1) is 17.8 Å². The Morgan fingerprint density at radius 1 is 1.00 bits per heavy atom. The van der Waals surface area contributed by atoms with Gasteiger partial charge in [-0.1, -0.05) is 42.5 Å². The highest BCUT2D eigenvalue weighted by Gasteiger charge is 2.20. The molecule has 0 saturated heterocycles. The van der Waals surface area contributed by atoms with Gasteiger partial charge in [0.1, 0.15) is 0 Å². The van der Waals surface area contributed by atoms with Crippen LogP contribution in [0.3, 0.4) is 0 Å². The number of carbonyl (C=O) groups is 2. The predicted octanol–water partition coefficient (Wildman–Crippen LogP) is 3.67. The Bertz CT molecular complexity index is 1000. The smallest absolute Gasteiger partial charge is 0.253 e. The van der Waals surface area contributed by atoms with E-state index in [0.29, 0.717) is 24.3 Å². The molecule has 5 nitrogen and oxygen atoms in total. The Morgan fingerprint density at radius 3 is 2.66 bits per heavy atom. The van der Waals surface area contributed by atoms with E-state index in [1.807, 2.05) is 36.4 Å². The molecule has 0 unspecified atom stereocenters. The molecule has 2 amide bonds. The van der Waals surface area contributed by atoms with E-state index in [2.05, 4.69) is 27.0 Å². The van der Waals surface area contributed by atoms with Gasteiger partial charge < -0.3 is 10.6 Å². The van der Waals surface area contributed by atoms with Crippen LogP contribution >= 0.6 is 11.3 Å². The molecule has 0 saturated carbocycles. The standard InChI is InChI=1S/C23H23N3O2S/c27-22(16-26-12-10-21-18(15-26)11-13-29-21)25-20-9-5-4-8-19(20)23(28)24-14-17-6-2-1-3-7-17/h1-9,11,13H,10,12,14-16H2,(H,24,28)(H,25,27). The highest BCUT2D eigenvalue weighted by atomic mass is 32.1. The van der Waals surface area contributed by atoms with Crippen molar-refractivity contribution in [2.24, 2.45) is 0 Å². The first kappa shape index (κ1) is 19.4. The van der Waals surface area contributed by atoms with Crippen molar-refractivity contribution in [2.45, 2.75) is 19.5 Å². The molecule has 0 spiro atoms. The fraction of sp³-hybridized carbons (Fsp3) is 0.217. The normalized spacial score (nSPS) is 13.5. The van der Waals surface area contributed by atoms with Crippen molar-refractivity contribution < 1.29 is 9.59 Å². The number of hydrogen-bond acceptors (Lipinski definition) is 4. The summed E-state index contributed by atoms with van der Waals surface area (Å²) >= 11 is 1.79. The predicted molar refractivity (Wildman–Crippen MR) is 116 cm³/mol. The van der Waals surface area contributed by atoms with Crippen molar-refractivity contribution >= 4 is 28.8 Å². The lowest BCUT2D eigenvalue weighted by atomic mass is 10.1. The summed E-state index contributed by atoms with van der Waals surface area (Å²) in [5, 5.41) is 7.94. The molecular weight excluding hydrogens is 382 g/mol. The van der Waals surface area contributed by atoms with Crippen molar-refractivity contribution in [3.05, 3.63) is 87.6 Å². The van der Waals surface area contributed by atoms with E-state index in [9.17, 15) is 9.59 Å². The van der Waals surface area contributed by atoms with Gasteiger partial charge in [-0.2, -0.15) is 0 Å². The Labute approximate surface area is 174 Å². The van der Waals surface area contributed by atoms with Crippen LogP contribution in [-0.4, -0.2) is 29.8 Å². The van der Waals surface area contributed by atoms with Gasteiger partial charge >= 0.3 is 0 Å². The fourth-order valence-electron chi connectivity index (χ4n) is 3.50. The Morgan fingerprint density at radius 2 is 1.79 bits per heavy atom. The third-order valence-corrected chi connectivity index (χ3v) is 6.02. The van der Waals surface area contributed by atoms with Gasteiger partial charge in [0.2, 0.25) is 5.91 Å². The molecule has 148 valence electrons. The first-order valence-corrected chi connectivity index (χ1v) is 10.6. The minimum atomic E-state index is -0.203. The summed E-state index contributed by atoms with van der Waals surface area (Å²) in [7, 11) is 0. The van der Waals surface area contributed by atoms with E-state index < -0.39 is 0 Å². The first-order valence-electron chi connectivity index (χ1n) is 9.67. The Kier molecular flexibility index (Phi) is 6.03. The Hall–Kier alpha value is -2.96. The average molecular weight is 406 g/mol. The summed E-state index contributed by atoms with van der Waals surface area (Å²) < 4.78 is 0. The lowest BCUT2D eigenvalue weighted by Crippen LogP contribution is -2.37. The number of fused-ring (bicyclic) bond motifs is 1. The van der Waals surface area contributed by atoms with Crippen LogP contribution < -0.4 is 10.6 Å². The van der Waals surface area contributed by atoms with Crippen LogP contribution in [0.25, 0.3) is 0 Å². The fourth-order valence-corrected chi connectivity index (χ4v) is 4.39. The third-order valence-electron chi connectivity index (χ3n) is 5.00. The van der Waals surface area contributed by atoms with Crippen LogP contribution in [0, 0.1) is 0 Å². The summed E-state index contributed by atoms with van der Waals surface area (Å²) in [5.41, 5.74) is 3.35. The van der Waals surface area contributed by atoms with Crippen molar-refractivity contribution in [3.63, 3.8) is 0 Å². The van der Waals surface area contributed by atoms with Gasteiger partial charge in [0.25, 0.3) is 5.91 Å². The minimum Gasteiger partial charge on any atom is -0.348 e.